The van der Waals surface area contributed by atoms with Gasteiger partial charge in [-0.1, -0.05) is 20.8 Å². The molecule has 180 valence electrons. The quantitative estimate of drug-likeness (QED) is 0.382. The molecule has 0 bridgehead atoms. The molecule has 8 nitrogen and oxygen atoms in total. The number of carbonyl (C=O) groups excluding carboxylic acids is 4. The number of aromatic hydroxyl groups is 1. The van der Waals surface area contributed by atoms with Crippen LogP contribution in [0.5, 0.6) is 5.75 Å². The van der Waals surface area contributed by atoms with E-state index in [0.29, 0.717) is 16.7 Å². The van der Waals surface area contributed by atoms with Crippen molar-refractivity contribution in [3.63, 3.8) is 0 Å². The van der Waals surface area contributed by atoms with Gasteiger partial charge in [-0.3, -0.25) is 19.2 Å². The van der Waals surface area contributed by atoms with Gasteiger partial charge in [0.2, 0.25) is 5.78 Å². The molecular weight excluding hydrogens is 440 g/mol. The number of rotatable bonds is 2. The number of phenols is 1. The van der Waals surface area contributed by atoms with Gasteiger partial charge in [0.05, 0.1) is 5.56 Å². The molecule has 0 fully saturated rings. The third-order valence-electron chi connectivity index (χ3n) is 7.35. The molecule has 0 aliphatic heterocycles. The number of Topliss-reactive ketones (excluding diaryl/α,β-unsaturated/α-hetero) is 4. The van der Waals surface area contributed by atoms with Crippen molar-refractivity contribution in [2.75, 3.05) is 0 Å². The van der Waals surface area contributed by atoms with E-state index < -0.39 is 57.3 Å². The Morgan fingerprint density at radius 3 is 2.18 bits per heavy atom. The van der Waals surface area contributed by atoms with E-state index in [1.165, 1.54) is 6.92 Å². The van der Waals surface area contributed by atoms with E-state index in [1.54, 1.807) is 6.07 Å². The molecule has 3 aliphatic rings. The molecular formula is C26H28O8. The third kappa shape index (κ3) is 3.08. The molecule has 0 radical (unpaired) electrons. The lowest BCUT2D eigenvalue weighted by Crippen LogP contribution is -2.56. The van der Waals surface area contributed by atoms with Crippen LogP contribution in [0.15, 0.2) is 28.7 Å². The standard InChI is InChI=1S/C26H28O8/c1-10(27)14-9-16(25(3,4)5)21(30)20-15(14)7-12-6-13-8-17(29)18(11(2)28)23(32)26(13,34)24(33)19(12)22(20)31/h9,12-13,29-30,33-34H,6-8H2,1-5H3/t12-,13+,26-/m1/s1. The maximum atomic E-state index is 13.7. The molecule has 0 spiro atoms. The summed E-state index contributed by atoms with van der Waals surface area (Å²) in [5, 5.41) is 43.8. The van der Waals surface area contributed by atoms with Crippen molar-refractivity contribution in [1.82, 2.24) is 0 Å². The fourth-order valence-electron chi connectivity index (χ4n) is 5.68. The molecule has 0 saturated carbocycles. The summed E-state index contributed by atoms with van der Waals surface area (Å²) in [6.45, 7) is 7.91. The van der Waals surface area contributed by atoms with Gasteiger partial charge in [-0.05, 0) is 49.7 Å². The van der Waals surface area contributed by atoms with Crippen LogP contribution in [-0.2, 0) is 21.4 Å². The highest BCUT2D eigenvalue weighted by molar-refractivity contribution is 6.25. The predicted octanol–water partition coefficient (Wildman–Crippen LogP) is 3.18. The van der Waals surface area contributed by atoms with Crippen molar-refractivity contribution >= 4 is 23.1 Å². The Bertz CT molecular complexity index is 1260. The highest BCUT2D eigenvalue weighted by atomic mass is 16.3. The van der Waals surface area contributed by atoms with Crippen LogP contribution in [0.4, 0.5) is 0 Å². The number of fused-ring (bicyclic) bond motifs is 3. The molecule has 8 heteroatoms. The van der Waals surface area contributed by atoms with E-state index in [1.807, 2.05) is 20.8 Å². The van der Waals surface area contributed by atoms with Gasteiger partial charge in [-0.25, -0.2) is 0 Å². The zero-order chi connectivity index (χ0) is 25.5. The fourth-order valence-corrected chi connectivity index (χ4v) is 5.68. The zero-order valence-electron chi connectivity index (χ0n) is 19.8. The first-order valence-corrected chi connectivity index (χ1v) is 11.2. The topological polar surface area (TPSA) is 149 Å². The second-order valence-corrected chi connectivity index (χ2v) is 10.6. The summed E-state index contributed by atoms with van der Waals surface area (Å²) in [6.07, 6.45) is -0.0425. The Morgan fingerprint density at radius 2 is 1.65 bits per heavy atom. The average molecular weight is 469 g/mol. The Hall–Kier alpha value is -3.26. The maximum absolute atomic E-state index is 13.7. The van der Waals surface area contributed by atoms with Crippen LogP contribution in [0.2, 0.25) is 0 Å². The SMILES string of the molecule is CC(=O)C1=C(O)C[C@@H]2C[C@@H]3Cc4c(C(C)=O)cc(C(C)(C)C)c(O)c4C(=O)C3=C(O)[C@]2(O)C1=O. The second-order valence-electron chi connectivity index (χ2n) is 10.6. The molecule has 0 amide bonds. The van der Waals surface area contributed by atoms with Crippen LogP contribution in [0.3, 0.4) is 0 Å². The normalized spacial score (nSPS) is 26.8. The van der Waals surface area contributed by atoms with E-state index in [-0.39, 0.29) is 41.9 Å². The van der Waals surface area contributed by atoms with Crippen LogP contribution in [-0.4, -0.2) is 49.2 Å². The smallest absolute Gasteiger partial charge is 0.209 e. The Kier molecular flexibility index (Phi) is 5.18. The van der Waals surface area contributed by atoms with E-state index in [0.717, 1.165) is 6.92 Å². The van der Waals surface area contributed by atoms with Crippen molar-refractivity contribution in [3.8, 4) is 5.75 Å². The van der Waals surface area contributed by atoms with Crippen LogP contribution in [0.1, 0.15) is 79.3 Å². The van der Waals surface area contributed by atoms with Crippen molar-refractivity contribution < 1.29 is 39.6 Å². The van der Waals surface area contributed by atoms with Crippen molar-refractivity contribution in [1.29, 1.82) is 0 Å². The number of ketones is 4. The van der Waals surface area contributed by atoms with Gasteiger partial charge >= 0.3 is 0 Å². The first kappa shape index (κ1) is 23.9. The van der Waals surface area contributed by atoms with Crippen molar-refractivity contribution in [2.45, 2.75) is 64.9 Å². The molecule has 1 aromatic rings. The van der Waals surface area contributed by atoms with Gasteiger partial charge in [-0.2, -0.15) is 0 Å². The Morgan fingerprint density at radius 1 is 1.03 bits per heavy atom. The van der Waals surface area contributed by atoms with Gasteiger partial charge in [0.1, 0.15) is 22.8 Å². The number of carbonyl (C=O) groups is 4. The number of benzene rings is 1. The number of hydrogen-bond donors (Lipinski definition) is 4. The van der Waals surface area contributed by atoms with Crippen LogP contribution < -0.4 is 0 Å². The molecule has 1 aromatic carbocycles. The number of allylic oxidation sites excluding steroid dienone is 2. The molecule has 4 N–H and O–H groups in total. The number of hydrogen-bond acceptors (Lipinski definition) is 8. The molecule has 3 atom stereocenters. The van der Waals surface area contributed by atoms with E-state index in [9.17, 15) is 39.6 Å². The largest absolute Gasteiger partial charge is 0.511 e. The number of aliphatic hydroxyl groups excluding tert-OH is 2. The fraction of sp³-hybridized carbons (Fsp3) is 0.462. The molecule has 4 rings (SSSR count). The predicted molar refractivity (Wildman–Crippen MR) is 121 cm³/mol. The lowest BCUT2D eigenvalue weighted by atomic mass is 9.59. The minimum atomic E-state index is -2.53. The van der Waals surface area contributed by atoms with Gasteiger partial charge in [0.15, 0.2) is 23.0 Å². The second kappa shape index (κ2) is 7.37. The highest BCUT2D eigenvalue weighted by Crippen LogP contribution is 2.52. The summed E-state index contributed by atoms with van der Waals surface area (Å²) in [7, 11) is 0. The molecule has 34 heavy (non-hydrogen) atoms. The van der Waals surface area contributed by atoms with E-state index >= 15 is 0 Å². The number of aliphatic hydroxyl groups is 3. The van der Waals surface area contributed by atoms with E-state index in [4.69, 9.17) is 0 Å². The Balaban J connectivity index is 1.98. The van der Waals surface area contributed by atoms with Gasteiger partial charge in [0.25, 0.3) is 0 Å². The van der Waals surface area contributed by atoms with Gasteiger partial charge in [0, 0.05) is 29.0 Å². The first-order chi connectivity index (χ1) is 15.6. The third-order valence-corrected chi connectivity index (χ3v) is 7.35. The van der Waals surface area contributed by atoms with Crippen LogP contribution >= 0.6 is 0 Å². The lowest BCUT2D eigenvalue weighted by molar-refractivity contribution is -0.144. The average Bonchev–Trinajstić information content (AvgIpc) is 2.69. The summed E-state index contributed by atoms with van der Waals surface area (Å²) < 4.78 is 0. The van der Waals surface area contributed by atoms with Crippen LogP contribution in [0, 0.1) is 11.8 Å². The maximum Gasteiger partial charge on any atom is 0.209 e. The monoisotopic (exact) mass is 468 g/mol. The lowest BCUT2D eigenvalue weighted by Gasteiger charge is -2.46. The molecule has 0 aromatic heterocycles. The summed E-state index contributed by atoms with van der Waals surface area (Å²) in [5.74, 6) is -6.18. The van der Waals surface area contributed by atoms with E-state index in [2.05, 4.69) is 0 Å². The van der Waals surface area contributed by atoms with Gasteiger partial charge in [-0.15, -0.1) is 0 Å². The summed E-state index contributed by atoms with van der Waals surface area (Å²) in [6, 6.07) is 1.59. The molecule has 0 heterocycles. The minimum Gasteiger partial charge on any atom is -0.511 e. The highest BCUT2D eigenvalue weighted by Gasteiger charge is 2.59. The van der Waals surface area contributed by atoms with Crippen LogP contribution in [0.25, 0.3) is 0 Å². The van der Waals surface area contributed by atoms with Gasteiger partial charge < -0.3 is 20.4 Å². The zero-order valence-corrected chi connectivity index (χ0v) is 19.8. The summed E-state index contributed by atoms with van der Waals surface area (Å²) in [5.41, 5.74) is -3.02. The molecule has 0 saturated heterocycles. The number of phenolic OH excluding ortho intramolecular Hbond substituents is 1. The Labute approximate surface area is 196 Å². The van der Waals surface area contributed by atoms with Crippen molar-refractivity contribution in [3.05, 3.63) is 51.0 Å². The molecule has 0 unspecified atom stereocenters. The molecule has 3 aliphatic carbocycles. The summed E-state index contributed by atoms with van der Waals surface area (Å²) >= 11 is 0. The first-order valence-electron chi connectivity index (χ1n) is 11.2. The summed E-state index contributed by atoms with van der Waals surface area (Å²) in [4.78, 5) is 51.2. The minimum absolute atomic E-state index is 0.0567. The van der Waals surface area contributed by atoms with Crippen molar-refractivity contribution in [2.24, 2.45) is 11.8 Å².